The molecule has 2 aromatic rings. The van der Waals surface area contributed by atoms with Gasteiger partial charge in [-0.3, -0.25) is 9.59 Å². The van der Waals surface area contributed by atoms with Gasteiger partial charge >= 0.3 is 5.97 Å². The minimum atomic E-state index is -0.964. The predicted molar refractivity (Wildman–Crippen MR) is 86.6 cm³/mol. The molecule has 0 radical (unpaired) electrons. The second-order valence-corrected chi connectivity index (χ2v) is 5.68. The normalized spacial score (nSPS) is 11.0. The van der Waals surface area contributed by atoms with E-state index in [0.29, 0.717) is 0 Å². The van der Waals surface area contributed by atoms with E-state index in [-0.39, 0.29) is 28.7 Å². The third kappa shape index (κ3) is 3.44. The first-order valence-corrected chi connectivity index (χ1v) is 7.40. The molecule has 1 heterocycles. The van der Waals surface area contributed by atoms with Crippen molar-refractivity contribution in [1.82, 2.24) is 9.78 Å². The molecule has 4 N–H and O–H groups in total. The van der Waals surface area contributed by atoms with Gasteiger partial charge in [0.05, 0.1) is 13.5 Å². The lowest BCUT2D eigenvalue weighted by Crippen LogP contribution is -2.15. The van der Waals surface area contributed by atoms with Gasteiger partial charge < -0.3 is 16.2 Å². The molecule has 134 valence electrons. The number of methoxy groups -OCH3 is 1. The van der Waals surface area contributed by atoms with Gasteiger partial charge in [-0.05, 0) is 26.0 Å². The molecule has 0 aliphatic carbocycles. The second kappa shape index (κ2) is 6.88. The van der Waals surface area contributed by atoms with Crippen LogP contribution in [0, 0.1) is 11.6 Å². The van der Waals surface area contributed by atoms with Crippen molar-refractivity contribution in [2.75, 3.05) is 12.8 Å². The van der Waals surface area contributed by atoms with Gasteiger partial charge in [0.1, 0.15) is 28.7 Å². The molecule has 0 saturated heterocycles. The van der Waals surface area contributed by atoms with Crippen LogP contribution in [0.4, 0.5) is 14.6 Å². The van der Waals surface area contributed by atoms with Gasteiger partial charge in [0, 0.05) is 17.2 Å². The van der Waals surface area contributed by atoms with Crippen molar-refractivity contribution in [3.05, 3.63) is 34.9 Å². The molecule has 0 atom stereocenters. The molecular formula is C16H18F2N4O3. The van der Waals surface area contributed by atoms with E-state index in [1.165, 1.54) is 4.68 Å². The largest absolute Gasteiger partial charge is 0.469 e. The first-order valence-electron chi connectivity index (χ1n) is 7.40. The van der Waals surface area contributed by atoms with Gasteiger partial charge in [0.2, 0.25) is 0 Å². The number of nitrogens with zero attached hydrogens (tertiary/aromatic N) is 2. The van der Waals surface area contributed by atoms with Gasteiger partial charge in [-0.2, -0.15) is 5.10 Å². The number of rotatable bonds is 5. The van der Waals surface area contributed by atoms with Crippen LogP contribution in [0.5, 0.6) is 0 Å². The number of nitrogen functional groups attached to an aromatic ring is 1. The van der Waals surface area contributed by atoms with Gasteiger partial charge in [-0.25, -0.2) is 13.5 Å². The minimum Gasteiger partial charge on any atom is -0.469 e. The quantitative estimate of drug-likeness (QED) is 0.797. The van der Waals surface area contributed by atoms with Crippen molar-refractivity contribution in [2.45, 2.75) is 26.3 Å². The SMILES string of the molecule is COC(=O)Cc1c(F)cc(-c2nn(C(C)C)c(N)c2C(N)=O)cc1F. The summed E-state index contributed by atoms with van der Waals surface area (Å²) in [5, 5.41) is 4.16. The van der Waals surface area contributed by atoms with Crippen molar-refractivity contribution in [1.29, 1.82) is 0 Å². The third-order valence-electron chi connectivity index (χ3n) is 3.65. The molecule has 9 heteroatoms. The lowest BCUT2D eigenvalue weighted by Gasteiger charge is -2.07. The number of hydrogen-bond donors (Lipinski definition) is 2. The summed E-state index contributed by atoms with van der Waals surface area (Å²) in [5.74, 6) is -3.56. The Bertz CT molecular complexity index is 823. The second-order valence-electron chi connectivity index (χ2n) is 5.68. The molecule has 1 amide bonds. The van der Waals surface area contributed by atoms with Crippen LogP contribution in [0.2, 0.25) is 0 Å². The third-order valence-corrected chi connectivity index (χ3v) is 3.65. The fourth-order valence-electron chi connectivity index (χ4n) is 2.41. The summed E-state index contributed by atoms with van der Waals surface area (Å²) in [6, 6.07) is 1.75. The van der Waals surface area contributed by atoms with Crippen LogP contribution < -0.4 is 11.5 Å². The van der Waals surface area contributed by atoms with E-state index in [1.807, 2.05) is 0 Å². The van der Waals surface area contributed by atoms with E-state index < -0.39 is 35.5 Å². The Morgan fingerprint density at radius 1 is 1.28 bits per heavy atom. The van der Waals surface area contributed by atoms with Crippen LogP contribution >= 0.6 is 0 Å². The summed E-state index contributed by atoms with van der Waals surface area (Å²) in [5.41, 5.74) is 10.6. The standard InChI is InChI=1S/C16H18F2N4O3/c1-7(2)22-15(19)13(16(20)24)14(21-22)8-4-10(17)9(11(18)5-8)6-12(23)25-3/h4-5,7H,6,19H2,1-3H3,(H2,20,24). The highest BCUT2D eigenvalue weighted by Gasteiger charge is 2.25. The molecule has 0 aliphatic heterocycles. The topological polar surface area (TPSA) is 113 Å². The molecule has 0 unspecified atom stereocenters. The van der Waals surface area contributed by atoms with Crippen molar-refractivity contribution < 1.29 is 23.1 Å². The summed E-state index contributed by atoms with van der Waals surface area (Å²) in [6.07, 6.45) is -0.556. The fraction of sp³-hybridized carbons (Fsp3) is 0.312. The number of halogens is 2. The molecule has 0 fully saturated rings. The van der Waals surface area contributed by atoms with Crippen molar-refractivity contribution in [2.24, 2.45) is 5.73 Å². The zero-order valence-corrected chi connectivity index (χ0v) is 14.0. The number of esters is 1. The van der Waals surface area contributed by atoms with Crippen molar-refractivity contribution in [3.8, 4) is 11.3 Å². The number of primary amides is 1. The van der Waals surface area contributed by atoms with Gasteiger partial charge in [0.25, 0.3) is 5.91 Å². The lowest BCUT2D eigenvalue weighted by atomic mass is 10.0. The number of hydrogen-bond acceptors (Lipinski definition) is 5. The highest BCUT2D eigenvalue weighted by Crippen LogP contribution is 2.31. The van der Waals surface area contributed by atoms with E-state index in [4.69, 9.17) is 11.5 Å². The predicted octanol–water partition coefficient (Wildman–Crippen LogP) is 1.81. The smallest absolute Gasteiger partial charge is 0.310 e. The van der Waals surface area contributed by atoms with E-state index >= 15 is 0 Å². The van der Waals surface area contributed by atoms with Gasteiger partial charge in [-0.15, -0.1) is 0 Å². The molecule has 1 aromatic carbocycles. The summed E-state index contributed by atoms with van der Waals surface area (Å²) >= 11 is 0. The molecule has 2 rings (SSSR count). The van der Waals surface area contributed by atoms with E-state index in [2.05, 4.69) is 9.84 Å². The summed E-state index contributed by atoms with van der Waals surface area (Å²) in [6.45, 7) is 3.55. The Balaban J connectivity index is 2.62. The number of benzene rings is 1. The molecule has 7 nitrogen and oxygen atoms in total. The average Bonchev–Trinajstić information content (AvgIpc) is 2.88. The zero-order valence-electron chi connectivity index (χ0n) is 14.0. The van der Waals surface area contributed by atoms with Crippen LogP contribution in [-0.2, 0) is 16.0 Å². The molecular weight excluding hydrogens is 334 g/mol. The highest BCUT2D eigenvalue weighted by atomic mass is 19.1. The first-order chi connectivity index (χ1) is 11.7. The number of nitrogens with two attached hydrogens (primary N) is 2. The number of amides is 1. The Labute approximate surface area is 142 Å². The molecule has 0 bridgehead atoms. The van der Waals surface area contributed by atoms with Gasteiger partial charge in [0.15, 0.2) is 0 Å². The van der Waals surface area contributed by atoms with Crippen LogP contribution in [0.15, 0.2) is 12.1 Å². The van der Waals surface area contributed by atoms with E-state index in [9.17, 15) is 18.4 Å². The maximum Gasteiger partial charge on any atom is 0.310 e. The van der Waals surface area contributed by atoms with Gasteiger partial charge in [-0.1, -0.05) is 0 Å². The fourth-order valence-corrected chi connectivity index (χ4v) is 2.41. The van der Waals surface area contributed by atoms with Crippen LogP contribution in [0.1, 0.15) is 35.8 Å². The molecule has 0 saturated carbocycles. The molecule has 25 heavy (non-hydrogen) atoms. The van der Waals surface area contributed by atoms with Crippen LogP contribution in [-0.4, -0.2) is 28.8 Å². The summed E-state index contributed by atoms with van der Waals surface area (Å²) in [4.78, 5) is 23.0. The number of anilines is 1. The lowest BCUT2D eigenvalue weighted by molar-refractivity contribution is -0.139. The number of aromatic nitrogens is 2. The Kier molecular flexibility index (Phi) is 5.05. The molecule has 1 aromatic heterocycles. The maximum absolute atomic E-state index is 14.3. The number of carbonyl (C=O) groups is 2. The minimum absolute atomic E-state index is 0.0106. The average molecular weight is 352 g/mol. The van der Waals surface area contributed by atoms with Crippen LogP contribution in [0.3, 0.4) is 0 Å². The highest BCUT2D eigenvalue weighted by molar-refractivity contribution is 6.03. The van der Waals surface area contributed by atoms with Crippen LogP contribution in [0.25, 0.3) is 11.3 Å². The molecule has 0 aliphatic rings. The number of ether oxygens (including phenoxy) is 1. The van der Waals surface area contributed by atoms with Crippen molar-refractivity contribution >= 4 is 17.7 Å². The maximum atomic E-state index is 14.3. The molecule has 0 spiro atoms. The van der Waals surface area contributed by atoms with E-state index in [0.717, 1.165) is 19.2 Å². The summed E-state index contributed by atoms with van der Waals surface area (Å²) in [7, 11) is 1.12. The first kappa shape index (κ1) is 18.4. The Morgan fingerprint density at radius 3 is 2.28 bits per heavy atom. The zero-order chi connectivity index (χ0) is 18.9. The van der Waals surface area contributed by atoms with Crippen molar-refractivity contribution in [3.63, 3.8) is 0 Å². The summed E-state index contributed by atoms with van der Waals surface area (Å²) < 4.78 is 34.3. The number of carbonyl (C=O) groups excluding carboxylic acids is 2. The Hall–Kier alpha value is -2.97. The monoisotopic (exact) mass is 352 g/mol. The van der Waals surface area contributed by atoms with E-state index in [1.54, 1.807) is 13.8 Å². The Morgan fingerprint density at radius 2 is 1.84 bits per heavy atom.